The van der Waals surface area contributed by atoms with Gasteiger partial charge in [-0.25, -0.2) is 9.97 Å². The Morgan fingerprint density at radius 3 is 2.52 bits per heavy atom. The number of carbonyl (C=O) groups is 1. The molecular formula is C20H20N4O3. The topological polar surface area (TPSA) is 69.5 Å². The Hall–Kier alpha value is -2.77. The maximum Gasteiger partial charge on any atom is 0.255 e. The summed E-state index contributed by atoms with van der Waals surface area (Å²) in [5.41, 5.74) is 3.00. The molecule has 5 rings (SSSR count). The van der Waals surface area contributed by atoms with Gasteiger partial charge in [-0.1, -0.05) is 18.2 Å². The Morgan fingerprint density at radius 1 is 1.04 bits per heavy atom. The summed E-state index contributed by atoms with van der Waals surface area (Å²) in [5.74, 6) is -0.500. The molecule has 0 aliphatic carbocycles. The predicted molar refractivity (Wildman–Crippen MR) is 98.6 cm³/mol. The molecule has 7 nitrogen and oxygen atoms in total. The van der Waals surface area contributed by atoms with Crippen molar-refractivity contribution < 1.29 is 14.3 Å². The highest BCUT2D eigenvalue weighted by atomic mass is 16.7. The molecule has 138 valence electrons. The first-order valence-electron chi connectivity index (χ1n) is 9.20. The summed E-state index contributed by atoms with van der Waals surface area (Å²) in [6.45, 7) is 2.52. The van der Waals surface area contributed by atoms with Crippen molar-refractivity contribution in [3.8, 4) is 5.69 Å². The van der Waals surface area contributed by atoms with Crippen LogP contribution in [0.5, 0.6) is 0 Å². The van der Waals surface area contributed by atoms with Crippen LogP contribution in [0.3, 0.4) is 0 Å². The third kappa shape index (κ3) is 2.89. The Bertz CT molecular complexity index is 969. The maximum absolute atomic E-state index is 12.9. The number of hydrogen-bond acceptors (Lipinski definition) is 5. The molecule has 1 amide bonds. The number of carbonyl (C=O) groups excluding carboxylic acids is 1. The lowest BCUT2D eigenvalue weighted by atomic mass is 10.0. The second-order valence-corrected chi connectivity index (χ2v) is 6.92. The number of piperidine rings is 1. The van der Waals surface area contributed by atoms with Gasteiger partial charge in [0, 0.05) is 37.8 Å². The molecule has 2 saturated heterocycles. The molecule has 2 aliphatic heterocycles. The maximum atomic E-state index is 12.9. The molecule has 1 spiro atoms. The minimum Gasteiger partial charge on any atom is -0.347 e. The molecule has 0 bridgehead atoms. The summed E-state index contributed by atoms with van der Waals surface area (Å²) in [7, 11) is 0. The number of ether oxygens (including phenoxy) is 2. The number of likely N-dealkylation sites (tertiary alicyclic amines) is 1. The van der Waals surface area contributed by atoms with Crippen molar-refractivity contribution in [1.29, 1.82) is 0 Å². The van der Waals surface area contributed by atoms with E-state index in [9.17, 15) is 4.79 Å². The van der Waals surface area contributed by atoms with Crippen LogP contribution in [0.15, 0.2) is 48.9 Å². The quantitative estimate of drug-likeness (QED) is 0.698. The van der Waals surface area contributed by atoms with Crippen LogP contribution < -0.4 is 0 Å². The molecule has 0 atom stereocenters. The normalized spacial score (nSPS) is 19.0. The second kappa shape index (κ2) is 6.44. The first kappa shape index (κ1) is 16.4. The van der Waals surface area contributed by atoms with E-state index >= 15 is 0 Å². The van der Waals surface area contributed by atoms with E-state index in [0.717, 1.165) is 11.3 Å². The van der Waals surface area contributed by atoms with Gasteiger partial charge in [0.2, 0.25) is 0 Å². The zero-order chi connectivity index (χ0) is 18.3. The zero-order valence-corrected chi connectivity index (χ0v) is 14.9. The minimum absolute atomic E-state index is 0.0218. The third-order valence-electron chi connectivity index (χ3n) is 5.30. The van der Waals surface area contributed by atoms with E-state index in [-0.39, 0.29) is 5.91 Å². The highest BCUT2D eigenvalue weighted by molar-refractivity contribution is 5.96. The summed E-state index contributed by atoms with van der Waals surface area (Å²) >= 11 is 0. The first-order chi connectivity index (χ1) is 13.2. The first-order valence-corrected chi connectivity index (χ1v) is 9.20. The van der Waals surface area contributed by atoms with E-state index in [1.165, 1.54) is 0 Å². The average Bonchev–Trinajstić information content (AvgIpc) is 3.35. The van der Waals surface area contributed by atoms with Crippen molar-refractivity contribution in [3.05, 3.63) is 54.5 Å². The number of pyridine rings is 1. The number of hydrogen-bond donors (Lipinski definition) is 0. The summed E-state index contributed by atoms with van der Waals surface area (Å²) in [5, 5.41) is 0. The smallest absolute Gasteiger partial charge is 0.255 e. The van der Waals surface area contributed by atoms with Crippen molar-refractivity contribution in [2.45, 2.75) is 18.6 Å². The number of fused-ring (bicyclic) bond motifs is 1. The fourth-order valence-corrected chi connectivity index (χ4v) is 3.81. The van der Waals surface area contributed by atoms with Crippen LogP contribution in [-0.4, -0.2) is 57.4 Å². The van der Waals surface area contributed by atoms with Gasteiger partial charge in [0.1, 0.15) is 11.8 Å². The molecule has 0 unspecified atom stereocenters. The number of benzene rings is 1. The van der Waals surface area contributed by atoms with Gasteiger partial charge < -0.3 is 14.4 Å². The summed E-state index contributed by atoms with van der Waals surface area (Å²) in [4.78, 5) is 23.7. The van der Waals surface area contributed by atoms with E-state index in [4.69, 9.17) is 9.47 Å². The molecule has 0 radical (unpaired) electrons. The zero-order valence-electron chi connectivity index (χ0n) is 14.9. The molecule has 0 saturated carbocycles. The molecule has 27 heavy (non-hydrogen) atoms. The molecule has 2 aromatic heterocycles. The molecule has 2 fully saturated rings. The van der Waals surface area contributed by atoms with Crippen LogP contribution in [0.1, 0.15) is 23.2 Å². The van der Waals surface area contributed by atoms with Crippen molar-refractivity contribution in [2.24, 2.45) is 0 Å². The van der Waals surface area contributed by atoms with Crippen molar-refractivity contribution >= 4 is 17.1 Å². The Kier molecular flexibility index (Phi) is 3.91. The molecule has 2 aliphatic rings. The standard InChI is InChI=1S/C20H20N4O3/c25-19(23-8-6-20(7-9-23)26-10-11-27-20)15-12-17-18(21-13-15)24(14-22-17)16-4-2-1-3-5-16/h1-5,12-14H,6-11H2. The number of aromatic nitrogens is 3. The van der Waals surface area contributed by atoms with Gasteiger partial charge in [0.25, 0.3) is 5.91 Å². The van der Waals surface area contributed by atoms with Crippen LogP contribution in [0.4, 0.5) is 0 Å². The van der Waals surface area contributed by atoms with Crippen molar-refractivity contribution in [1.82, 2.24) is 19.4 Å². The summed E-state index contributed by atoms with van der Waals surface area (Å²) < 4.78 is 13.4. The summed E-state index contributed by atoms with van der Waals surface area (Å²) in [6, 6.07) is 11.7. The van der Waals surface area contributed by atoms with Crippen LogP contribution >= 0.6 is 0 Å². The molecule has 0 N–H and O–H groups in total. The van der Waals surface area contributed by atoms with E-state index < -0.39 is 5.79 Å². The van der Waals surface area contributed by atoms with Crippen LogP contribution in [0.2, 0.25) is 0 Å². The fourth-order valence-electron chi connectivity index (χ4n) is 3.81. The lowest BCUT2D eigenvalue weighted by molar-refractivity contribution is -0.181. The van der Waals surface area contributed by atoms with Crippen LogP contribution in [0.25, 0.3) is 16.9 Å². The Balaban J connectivity index is 1.37. The molecule has 3 aromatic rings. The van der Waals surface area contributed by atoms with E-state index in [1.54, 1.807) is 12.5 Å². The number of rotatable bonds is 2. The van der Waals surface area contributed by atoms with Gasteiger partial charge in [-0.2, -0.15) is 0 Å². The highest BCUT2D eigenvalue weighted by Gasteiger charge is 2.40. The van der Waals surface area contributed by atoms with Gasteiger partial charge in [-0.15, -0.1) is 0 Å². The third-order valence-corrected chi connectivity index (χ3v) is 5.30. The second-order valence-electron chi connectivity index (χ2n) is 6.92. The molecule has 4 heterocycles. The van der Waals surface area contributed by atoms with Crippen molar-refractivity contribution in [3.63, 3.8) is 0 Å². The van der Waals surface area contributed by atoms with E-state index in [0.29, 0.717) is 50.2 Å². The van der Waals surface area contributed by atoms with Gasteiger partial charge in [0.05, 0.1) is 18.8 Å². The Labute approximate surface area is 156 Å². The summed E-state index contributed by atoms with van der Waals surface area (Å²) in [6.07, 6.45) is 4.79. The number of nitrogens with zero attached hydrogens (tertiary/aromatic N) is 4. The predicted octanol–water partition coefficient (Wildman–Crippen LogP) is 2.40. The number of para-hydroxylation sites is 1. The largest absolute Gasteiger partial charge is 0.347 e. The lowest BCUT2D eigenvalue weighted by Crippen LogP contribution is -2.47. The van der Waals surface area contributed by atoms with Crippen molar-refractivity contribution in [2.75, 3.05) is 26.3 Å². The van der Waals surface area contributed by atoms with Gasteiger partial charge in [-0.05, 0) is 18.2 Å². The van der Waals surface area contributed by atoms with E-state index in [1.807, 2.05) is 45.9 Å². The lowest BCUT2D eigenvalue weighted by Gasteiger charge is -2.37. The molecule has 1 aromatic carbocycles. The number of imidazole rings is 1. The SMILES string of the molecule is O=C(c1cnc2c(c1)ncn2-c1ccccc1)N1CCC2(CC1)OCCO2. The highest BCUT2D eigenvalue weighted by Crippen LogP contribution is 2.31. The van der Waals surface area contributed by atoms with Gasteiger partial charge in [0.15, 0.2) is 11.4 Å². The van der Waals surface area contributed by atoms with Gasteiger partial charge >= 0.3 is 0 Å². The average molecular weight is 364 g/mol. The number of amides is 1. The van der Waals surface area contributed by atoms with Crippen LogP contribution in [-0.2, 0) is 9.47 Å². The van der Waals surface area contributed by atoms with E-state index in [2.05, 4.69) is 9.97 Å². The van der Waals surface area contributed by atoms with Crippen LogP contribution in [0, 0.1) is 0 Å². The molecule has 7 heteroatoms. The minimum atomic E-state index is -0.479. The fraction of sp³-hybridized carbons (Fsp3) is 0.350. The molecular weight excluding hydrogens is 344 g/mol. The Morgan fingerprint density at radius 2 is 1.78 bits per heavy atom. The monoisotopic (exact) mass is 364 g/mol. The van der Waals surface area contributed by atoms with Gasteiger partial charge in [-0.3, -0.25) is 9.36 Å².